The monoisotopic (exact) mass is 299 g/mol. The Kier molecular flexibility index (Phi) is 3.84. The Labute approximate surface area is 117 Å². The van der Waals surface area contributed by atoms with E-state index in [0.29, 0.717) is 6.07 Å². The molecule has 0 saturated carbocycles. The summed E-state index contributed by atoms with van der Waals surface area (Å²) < 4.78 is 26.5. The second-order valence-corrected chi connectivity index (χ2v) is 4.34. The summed E-state index contributed by atoms with van der Waals surface area (Å²) in [5.41, 5.74) is 0.114. The van der Waals surface area contributed by atoms with Gasteiger partial charge in [-0.05, 0) is 18.2 Å². The summed E-state index contributed by atoms with van der Waals surface area (Å²) in [6, 6.07) is 6.25. The summed E-state index contributed by atoms with van der Waals surface area (Å²) in [4.78, 5) is 3.87. The summed E-state index contributed by atoms with van der Waals surface area (Å²) >= 11 is 11.4. The van der Waals surface area contributed by atoms with Crippen molar-refractivity contribution < 1.29 is 8.78 Å². The van der Waals surface area contributed by atoms with E-state index in [9.17, 15) is 8.78 Å². The van der Waals surface area contributed by atoms with Crippen molar-refractivity contribution in [3.63, 3.8) is 0 Å². The van der Waals surface area contributed by atoms with E-state index in [4.69, 9.17) is 28.5 Å². The van der Waals surface area contributed by atoms with Gasteiger partial charge in [0.2, 0.25) is 0 Å². The molecule has 0 saturated heterocycles. The number of benzene rings is 1. The highest BCUT2D eigenvalue weighted by molar-refractivity contribution is 6.33. The van der Waals surface area contributed by atoms with Crippen molar-refractivity contribution in [1.82, 2.24) is 4.98 Å². The van der Waals surface area contributed by atoms with E-state index in [-0.39, 0.29) is 27.2 Å². The van der Waals surface area contributed by atoms with Crippen molar-refractivity contribution in [3.05, 3.63) is 51.6 Å². The summed E-state index contributed by atoms with van der Waals surface area (Å²) in [7, 11) is 0. The predicted octanol–water partition coefficient (Wildman–Crippen LogP) is 4.28. The lowest BCUT2D eigenvalue weighted by Crippen LogP contribution is -1.99. The highest BCUT2D eigenvalue weighted by atomic mass is 35.5. The minimum Gasteiger partial charge on any atom is -0.337 e. The number of nitriles is 1. The van der Waals surface area contributed by atoms with E-state index < -0.39 is 11.6 Å². The van der Waals surface area contributed by atoms with Crippen LogP contribution in [0.25, 0.3) is 0 Å². The Morgan fingerprint density at radius 2 is 1.89 bits per heavy atom. The molecule has 0 spiro atoms. The molecule has 0 unspecified atom stereocenters. The molecule has 0 radical (unpaired) electrons. The molecule has 0 aliphatic heterocycles. The zero-order valence-corrected chi connectivity index (χ0v) is 10.7. The Morgan fingerprint density at radius 1 is 1.16 bits per heavy atom. The number of anilines is 2. The molecule has 0 bridgehead atoms. The first-order valence-corrected chi connectivity index (χ1v) is 5.74. The number of halogens is 4. The SMILES string of the molecule is N#Cc1cc(Cl)nc(Nc2c(F)cc(F)cc2Cl)c1. The minimum absolute atomic E-state index is 0.0696. The van der Waals surface area contributed by atoms with Crippen LogP contribution in [-0.4, -0.2) is 4.98 Å². The molecular weight excluding hydrogens is 295 g/mol. The fourth-order valence-electron chi connectivity index (χ4n) is 1.42. The molecule has 7 heteroatoms. The standard InChI is InChI=1S/C12H5Cl2F2N3/c13-8-3-7(15)4-9(16)12(8)19-11-2-6(5-17)1-10(14)18-11/h1-4H,(H,18,19). The van der Waals surface area contributed by atoms with Crippen LogP contribution in [0.3, 0.4) is 0 Å². The molecule has 0 aliphatic rings. The molecule has 2 rings (SSSR count). The van der Waals surface area contributed by atoms with Gasteiger partial charge in [-0.15, -0.1) is 0 Å². The average Bonchev–Trinajstić information content (AvgIpc) is 2.33. The first-order chi connectivity index (χ1) is 8.99. The van der Waals surface area contributed by atoms with E-state index in [0.717, 1.165) is 6.07 Å². The van der Waals surface area contributed by atoms with Crippen LogP contribution in [0.1, 0.15) is 5.56 Å². The highest BCUT2D eigenvalue weighted by Gasteiger charge is 2.11. The average molecular weight is 300 g/mol. The molecule has 96 valence electrons. The van der Waals surface area contributed by atoms with Crippen LogP contribution < -0.4 is 5.32 Å². The number of nitrogens with one attached hydrogen (secondary N) is 1. The van der Waals surface area contributed by atoms with Crippen molar-refractivity contribution in [2.45, 2.75) is 0 Å². The molecule has 1 aromatic carbocycles. The van der Waals surface area contributed by atoms with Crippen LogP contribution in [0.15, 0.2) is 24.3 Å². The zero-order chi connectivity index (χ0) is 14.0. The van der Waals surface area contributed by atoms with Gasteiger partial charge in [-0.25, -0.2) is 13.8 Å². The van der Waals surface area contributed by atoms with Gasteiger partial charge in [0.1, 0.15) is 16.8 Å². The second-order valence-electron chi connectivity index (χ2n) is 3.55. The third kappa shape index (κ3) is 3.11. The summed E-state index contributed by atoms with van der Waals surface area (Å²) in [6.45, 7) is 0. The van der Waals surface area contributed by atoms with E-state index in [1.54, 1.807) is 0 Å². The number of aromatic nitrogens is 1. The first-order valence-electron chi connectivity index (χ1n) is 4.99. The fourth-order valence-corrected chi connectivity index (χ4v) is 1.87. The van der Waals surface area contributed by atoms with Crippen molar-refractivity contribution >= 4 is 34.7 Å². The summed E-state index contributed by atoms with van der Waals surface area (Å²) in [5, 5.41) is 11.3. The van der Waals surface area contributed by atoms with E-state index in [1.807, 2.05) is 6.07 Å². The van der Waals surface area contributed by atoms with Gasteiger partial charge in [-0.3, -0.25) is 0 Å². The molecule has 2 aromatic rings. The Hall–Kier alpha value is -1.90. The summed E-state index contributed by atoms with van der Waals surface area (Å²) in [6.07, 6.45) is 0. The lowest BCUT2D eigenvalue weighted by Gasteiger charge is -2.09. The third-order valence-electron chi connectivity index (χ3n) is 2.18. The maximum absolute atomic E-state index is 13.6. The zero-order valence-electron chi connectivity index (χ0n) is 9.22. The van der Waals surface area contributed by atoms with Gasteiger partial charge in [-0.1, -0.05) is 23.2 Å². The lowest BCUT2D eigenvalue weighted by molar-refractivity contribution is 0.586. The largest absolute Gasteiger partial charge is 0.337 e. The maximum atomic E-state index is 13.6. The number of rotatable bonds is 2. The van der Waals surface area contributed by atoms with E-state index >= 15 is 0 Å². The number of nitrogens with zero attached hydrogens (tertiary/aromatic N) is 2. The first kappa shape index (κ1) is 13.5. The van der Waals surface area contributed by atoms with Gasteiger partial charge >= 0.3 is 0 Å². The quantitative estimate of drug-likeness (QED) is 0.842. The number of hydrogen-bond donors (Lipinski definition) is 1. The third-order valence-corrected chi connectivity index (χ3v) is 2.67. The summed E-state index contributed by atoms with van der Waals surface area (Å²) in [5.74, 6) is -1.52. The normalized spacial score (nSPS) is 10.1. The van der Waals surface area contributed by atoms with Crippen molar-refractivity contribution in [2.24, 2.45) is 0 Å². The fraction of sp³-hybridized carbons (Fsp3) is 0. The molecule has 0 fully saturated rings. The topological polar surface area (TPSA) is 48.7 Å². The van der Waals surface area contributed by atoms with Gasteiger partial charge in [0.05, 0.1) is 22.3 Å². The van der Waals surface area contributed by atoms with Crippen LogP contribution >= 0.6 is 23.2 Å². The van der Waals surface area contributed by atoms with E-state index in [2.05, 4.69) is 10.3 Å². The van der Waals surface area contributed by atoms with Crippen LogP contribution in [0, 0.1) is 23.0 Å². The molecular formula is C12H5Cl2F2N3. The molecule has 1 heterocycles. The lowest BCUT2D eigenvalue weighted by atomic mass is 10.2. The molecule has 3 nitrogen and oxygen atoms in total. The van der Waals surface area contributed by atoms with Crippen molar-refractivity contribution in [1.29, 1.82) is 5.26 Å². The molecule has 1 N–H and O–H groups in total. The number of hydrogen-bond acceptors (Lipinski definition) is 3. The predicted molar refractivity (Wildman–Crippen MR) is 68.6 cm³/mol. The van der Waals surface area contributed by atoms with Crippen molar-refractivity contribution in [2.75, 3.05) is 5.32 Å². The smallest absolute Gasteiger partial charge is 0.151 e. The van der Waals surface area contributed by atoms with Crippen LogP contribution in [0.5, 0.6) is 0 Å². The number of pyridine rings is 1. The minimum atomic E-state index is -0.870. The van der Waals surface area contributed by atoms with Crippen LogP contribution in [-0.2, 0) is 0 Å². The second kappa shape index (κ2) is 5.39. The Bertz CT molecular complexity index is 660. The van der Waals surface area contributed by atoms with Gasteiger partial charge in [0.25, 0.3) is 0 Å². The molecule has 0 atom stereocenters. The van der Waals surface area contributed by atoms with Gasteiger partial charge < -0.3 is 5.32 Å². The van der Waals surface area contributed by atoms with E-state index in [1.165, 1.54) is 12.1 Å². The Morgan fingerprint density at radius 3 is 2.53 bits per heavy atom. The van der Waals surface area contributed by atoms with Gasteiger partial charge in [-0.2, -0.15) is 5.26 Å². The van der Waals surface area contributed by atoms with Crippen LogP contribution in [0.4, 0.5) is 20.3 Å². The van der Waals surface area contributed by atoms with Crippen molar-refractivity contribution in [3.8, 4) is 6.07 Å². The molecule has 1 aromatic heterocycles. The molecule has 19 heavy (non-hydrogen) atoms. The highest BCUT2D eigenvalue weighted by Crippen LogP contribution is 2.29. The maximum Gasteiger partial charge on any atom is 0.151 e. The van der Waals surface area contributed by atoms with Gasteiger partial charge in [0, 0.05) is 6.07 Å². The molecule has 0 aliphatic carbocycles. The van der Waals surface area contributed by atoms with Gasteiger partial charge in [0.15, 0.2) is 5.82 Å². The Balaban J connectivity index is 2.42. The molecule has 0 amide bonds. The van der Waals surface area contributed by atoms with Crippen LogP contribution in [0.2, 0.25) is 10.2 Å².